The molecule has 0 radical (unpaired) electrons. The van der Waals surface area contributed by atoms with E-state index in [0.717, 1.165) is 0 Å². The number of nitrogens with zero attached hydrogens (tertiary/aromatic N) is 1. The predicted molar refractivity (Wildman–Crippen MR) is 75.9 cm³/mol. The summed E-state index contributed by atoms with van der Waals surface area (Å²) in [4.78, 5) is 2.63. The molecule has 0 spiro atoms. The van der Waals surface area contributed by atoms with Crippen LogP contribution in [0.15, 0.2) is 0 Å². The molecule has 0 unspecified atom stereocenters. The summed E-state index contributed by atoms with van der Waals surface area (Å²) < 4.78 is 0. The van der Waals surface area contributed by atoms with Crippen molar-refractivity contribution in [2.75, 3.05) is 32.7 Å². The summed E-state index contributed by atoms with van der Waals surface area (Å²) in [5.41, 5.74) is 0. The smallest absolute Gasteiger partial charge is 0.0474 e. The highest BCUT2D eigenvalue weighted by atomic mass is 28.3. The van der Waals surface area contributed by atoms with Crippen molar-refractivity contribution in [1.29, 1.82) is 0 Å². The third-order valence-electron chi connectivity index (χ3n) is 3.74. The van der Waals surface area contributed by atoms with E-state index in [1.54, 1.807) is 0 Å². The monoisotopic (exact) mass is 242 g/mol. The van der Waals surface area contributed by atoms with Gasteiger partial charge in [0.2, 0.25) is 0 Å². The van der Waals surface area contributed by atoms with Gasteiger partial charge in [-0.1, -0.05) is 44.9 Å². The van der Waals surface area contributed by atoms with E-state index < -0.39 is 8.07 Å². The molecule has 3 heteroatoms. The van der Waals surface area contributed by atoms with E-state index in [1.807, 2.05) is 0 Å². The molecular formula is C13H30N2Si. The molecule has 1 saturated heterocycles. The molecule has 1 rings (SSSR count). The molecule has 1 N–H and O–H groups in total. The van der Waals surface area contributed by atoms with Crippen molar-refractivity contribution in [3.05, 3.63) is 0 Å². The van der Waals surface area contributed by atoms with Gasteiger partial charge >= 0.3 is 0 Å². The van der Waals surface area contributed by atoms with Crippen LogP contribution in [-0.4, -0.2) is 45.7 Å². The zero-order chi connectivity index (χ0) is 11.9. The lowest BCUT2D eigenvalue weighted by molar-refractivity contribution is 0.241. The lowest BCUT2D eigenvalue weighted by Crippen LogP contribution is -2.44. The van der Waals surface area contributed by atoms with Gasteiger partial charge in [0.15, 0.2) is 0 Å². The Labute approximate surface area is 103 Å². The molecule has 0 atom stereocenters. The zero-order valence-electron chi connectivity index (χ0n) is 11.5. The number of hydrogen-bond donors (Lipinski definition) is 1. The number of rotatable bonds is 7. The summed E-state index contributed by atoms with van der Waals surface area (Å²) in [7, 11) is -0.851. The molecule has 1 heterocycles. The van der Waals surface area contributed by atoms with Gasteiger partial charge in [-0.15, -0.1) is 0 Å². The average Bonchev–Trinajstić information content (AvgIpc) is 2.28. The molecule has 16 heavy (non-hydrogen) atoms. The van der Waals surface area contributed by atoms with E-state index in [4.69, 9.17) is 0 Å². The van der Waals surface area contributed by atoms with E-state index in [2.05, 4.69) is 30.2 Å². The quantitative estimate of drug-likeness (QED) is 0.691. The predicted octanol–water partition coefficient (Wildman–Crippen LogP) is 2.79. The Kier molecular flexibility index (Phi) is 6.62. The second-order valence-electron chi connectivity index (χ2n) is 5.96. The summed E-state index contributed by atoms with van der Waals surface area (Å²) in [6.45, 7) is 13.7. The Bertz CT molecular complexity index is 177. The second-order valence-corrected chi connectivity index (χ2v) is 11.3. The second kappa shape index (κ2) is 7.46. The van der Waals surface area contributed by atoms with Gasteiger partial charge < -0.3 is 10.2 Å². The molecular weight excluding hydrogens is 212 g/mol. The van der Waals surface area contributed by atoms with Gasteiger partial charge in [-0.05, 0) is 13.0 Å². The van der Waals surface area contributed by atoms with Crippen LogP contribution in [0, 0.1) is 0 Å². The Morgan fingerprint density at radius 2 is 1.69 bits per heavy atom. The van der Waals surface area contributed by atoms with Crippen LogP contribution in [-0.2, 0) is 0 Å². The fourth-order valence-corrected chi connectivity index (χ4v) is 5.17. The molecule has 1 aliphatic rings. The van der Waals surface area contributed by atoms with Crippen molar-refractivity contribution < 1.29 is 0 Å². The van der Waals surface area contributed by atoms with Crippen LogP contribution in [0.5, 0.6) is 0 Å². The topological polar surface area (TPSA) is 15.3 Å². The highest BCUT2D eigenvalue weighted by Gasteiger charge is 2.19. The SMILES string of the molecule is CCCC[Si](C)(C)CCCN1CCNCC1. The third kappa shape index (κ3) is 6.02. The van der Waals surface area contributed by atoms with Crippen LogP contribution in [0.1, 0.15) is 26.2 Å². The molecule has 0 aromatic heterocycles. The normalized spacial score (nSPS) is 18.9. The van der Waals surface area contributed by atoms with Crippen molar-refractivity contribution in [3.63, 3.8) is 0 Å². The largest absolute Gasteiger partial charge is 0.314 e. The number of nitrogens with one attached hydrogen (secondary N) is 1. The lowest BCUT2D eigenvalue weighted by atomic mass is 10.3. The van der Waals surface area contributed by atoms with Gasteiger partial charge in [0.1, 0.15) is 0 Å². The summed E-state index contributed by atoms with van der Waals surface area (Å²) in [6, 6.07) is 3.06. The average molecular weight is 242 g/mol. The fourth-order valence-electron chi connectivity index (χ4n) is 2.50. The molecule has 96 valence electrons. The van der Waals surface area contributed by atoms with Gasteiger partial charge in [0.05, 0.1) is 0 Å². The summed E-state index contributed by atoms with van der Waals surface area (Å²) in [6.07, 6.45) is 4.25. The van der Waals surface area contributed by atoms with Gasteiger partial charge in [-0.25, -0.2) is 0 Å². The van der Waals surface area contributed by atoms with Gasteiger partial charge in [0.25, 0.3) is 0 Å². The highest BCUT2D eigenvalue weighted by molar-refractivity contribution is 6.77. The van der Waals surface area contributed by atoms with Crippen LogP contribution >= 0.6 is 0 Å². The van der Waals surface area contributed by atoms with Crippen molar-refractivity contribution in [1.82, 2.24) is 10.2 Å². The first-order chi connectivity index (χ1) is 7.64. The summed E-state index contributed by atoms with van der Waals surface area (Å²) in [5, 5.41) is 3.42. The Hall–Kier alpha value is 0.137. The molecule has 0 saturated carbocycles. The molecule has 2 nitrogen and oxygen atoms in total. The summed E-state index contributed by atoms with van der Waals surface area (Å²) in [5.74, 6) is 0. The molecule has 0 bridgehead atoms. The Morgan fingerprint density at radius 3 is 2.31 bits per heavy atom. The maximum absolute atomic E-state index is 3.42. The van der Waals surface area contributed by atoms with Crippen molar-refractivity contribution in [2.24, 2.45) is 0 Å². The van der Waals surface area contributed by atoms with E-state index in [9.17, 15) is 0 Å². The molecule has 1 aliphatic heterocycles. The standard InChI is InChI=1S/C13H30N2Si/c1-4-5-12-16(2,3)13-6-9-15-10-7-14-8-11-15/h14H,4-13H2,1-3H3. The first-order valence-corrected chi connectivity index (χ1v) is 10.5. The lowest BCUT2D eigenvalue weighted by Gasteiger charge is -2.29. The molecule has 0 aromatic carbocycles. The minimum atomic E-state index is -0.851. The van der Waals surface area contributed by atoms with E-state index in [0.29, 0.717) is 0 Å². The highest BCUT2D eigenvalue weighted by Crippen LogP contribution is 2.20. The Balaban J connectivity index is 2.08. The first kappa shape index (κ1) is 14.2. The zero-order valence-corrected chi connectivity index (χ0v) is 12.5. The Morgan fingerprint density at radius 1 is 1.06 bits per heavy atom. The van der Waals surface area contributed by atoms with Crippen LogP contribution in [0.2, 0.25) is 25.2 Å². The van der Waals surface area contributed by atoms with E-state index >= 15 is 0 Å². The minimum Gasteiger partial charge on any atom is -0.314 e. The molecule has 0 aromatic rings. The summed E-state index contributed by atoms with van der Waals surface area (Å²) >= 11 is 0. The van der Waals surface area contributed by atoms with Gasteiger partial charge in [-0.3, -0.25) is 0 Å². The maximum Gasteiger partial charge on any atom is 0.0474 e. The van der Waals surface area contributed by atoms with E-state index in [1.165, 1.54) is 64.1 Å². The maximum atomic E-state index is 3.42. The molecule has 1 fully saturated rings. The van der Waals surface area contributed by atoms with Crippen molar-refractivity contribution in [3.8, 4) is 0 Å². The number of unbranched alkanes of at least 4 members (excludes halogenated alkanes) is 1. The minimum absolute atomic E-state index is 0.851. The van der Waals surface area contributed by atoms with Crippen LogP contribution < -0.4 is 5.32 Å². The van der Waals surface area contributed by atoms with Gasteiger partial charge in [-0.2, -0.15) is 0 Å². The number of hydrogen-bond acceptors (Lipinski definition) is 2. The van der Waals surface area contributed by atoms with Gasteiger partial charge in [0, 0.05) is 34.3 Å². The molecule has 0 aliphatic carbocycles. The first-order valence-electron chi connectivity index (χ1n) is 7.07. The van der Waals surface area contributed by atoms with Crippen molar-refractivity contribution >= 4 is 8.07 Å². The van der Waals surface area contributed by atoms with Crippen LogP contribution in [0.25, 0.3) is 0 Å². The number of piperazine rings is 1. The third-order valence-corrected chi connectivity index (χ3v) is 7.16. The van der Waals surface area contributed by atoms with Crippen LogP contribution in [0.4, 0.5) is 0 Å². The van der Waals surface area contributed by atoms with Crippen LogP contribution in [0.3, 0.4) is 0 Å². The van der Waals surface area contributed by atoms with E-state index in [-0.39, 0.29) is 0 Å². The molecule has 0 amide bonds. The fraction of sp³-hybridized carbons (Fsp3) is 1.00. The van der Waals surface area contributed by atoms with Crippen molar-refractivity contribution in [2.45, 2.75) is 51.4 Å².